The van der Waals surface area contributed by atoms with Crippen LogP contribution in [0.15, 0.2) is 42.5 Å². The summed E-state index contributed by atoms with van der Waals surface area (Å²) in [7, 11) is 0. The van der Waals surface area contributed by atoms with Crippen molar-refractivity contribution in [2.75, 3.05) is 11.9 Å². The third-order valence-electron chi connectivity index (χ3n) is 5.06. The van der Waals surface area contributed by atoms with E-state index in [2.05, 4.69) is 16.0 Å². The van der Waals surface area contributed by atoms with Crippen LogP contribution in [0.25, 0.3) is 0 Å². The first-order valence-electron chi connectivity index (χ1n) is 10.7. The number of rotatable bonds is 9. The number of hydrogen-bond acceptors (Lipinski definition) is 4. The van der Waals surface area contributed by atoms with E-state index in [1.165, 1.54) is 6.07 Å². The molecule has 0 heterocycles. The molecule has 0 radical (unpaired) electrons. The molecule has 2 aromatic carbocycles. The average Bonchev–Trinajstić information content (AvgIpc) is 3.56. The predicted molar refractivity (Wildman–Crippen MR) is 124 cm³/mol. The number of anilines is 1. The first-order valence-corrected chi connectivity index (χ1v) is 11.1. The van der Waals surface area contributed by atoms with Gasteiger partial charge in [0.15, 0.2) is 0 Å². The zero-order chi connectivity index (χ0) is 23.3. The highest BCUT2D eigenvalue weighted by Crippen LogP contribution is 2.24. The Labute approximate surface area is 192 Å². The molecule has 3 amide bonds. The molecule has 3 rings (SSSR count). The van der Waals surface area contributed by atoms with Crippen LogP contribution in [0.3, 0.4) is 0 Å². The summed E-state index contributed by atoms with van der Waals surface area (Å²) in [5.41, 5.74) is 1.24. The molecule has 0 spiro atoms. The Bertz CT molecular complexity index is 987. The van der Waals surface area contributed by atoms with Gasteiger partial charge in [-0.25, -0.2) is 0 Å². The van der Waals surface area contributed by atoms with Crippen LogP contribution in [0, 0.1) is 5.92 Å². The smallest absolute Gasteiger partial charge is 0.253 e. The van der Waals surface area contributed by atoms with Gasteiger partial charge in [0.25, 0.3) is 11.8 Å². The van der Waals surface area contributed by atoms with Gasteiger partial charge in [-0.05, 0) is 68.1 Å². The number of benzene rings is 2. The summed E-state index contributed by atoms with van der Waals surface area (Å²) in [4.78, 5) is 37.8. The largest absolute Gasteiger partial charge is 0.494 e. The lowest BCUT2D eigenvalue weighted by Gasteiger charge is -2.22. The molecule has 0 aromatic heterocycles. The first kappa shape index (κ1) is 23.6. The quantitative estimate of drug-likeness (QED) is 0.529. The Morgan fingerprint density at radius 1 is 1.06 bits per heavy atom. The fraction of sp³-hybridized carbons (Fsp3) is 0.375. The summed E-state index contributed by atoms with van der Waals surface area (Å²) < 4.78 is 5.39. The molecule has 1 unspecified atom stereocenters. The molecule has 1 fully saturated rings. The van der Waals surface area contributed by atoms with Gasteiger partial charge < -0.3 is 20.7 Å². The highest BCUT2D eigenvalue weighted by molar-refractivity contribution is 6.34. The molecule has 1 aliphatic rings. The van der Waals surface area contributed by atoms with Gasteiger partial charge in [0, 0.05) is 17.3 Å². The number of nitrogens with one attached hydrogen (secondary N) is 3. The average molecular weight is 458 g/mol. The SMILES string of the molecule is CCOc1ccc(C(=O)NC(C(=O)Nc2ccc(C(=O)NC3CC3)c(Cl)c2)C(C)C)cc1. The van der Waals surface area contributed by atoms with Crippen molar-refractivity contribution in [1.29, 1.82) is 0 Å². The molecule has 170 valence electrons. The number of ether oxygens (including phenoxy) is 1. The van der Waals surface area contributed by atoms with Gasteiger partial charge in [-0.2, -0.15) is 0 Å². The van der Waals surface area contributed by atoms with Crippen LogP contribution in [0.2, 0.25) is 5.02 Å². The minimum atomic E-state index is -0.759. The normalized spacial score (nSPS) is 13.9. The Morgan fingerprint density at radius 2 is 1.75 bits per heavy atom. The van der Waals surface area contributed by atoms with E-state index in [1.807, 2.05) is 20.8 Å². The Hall–Kier alpha value is -3.06. The lowest BCUT2D eigenvalue weighted by molar-refractivity contribution is -0.118. The number of amides is 3. The predicted octanol–water partition coefficient (Wildman–Crippen LogP) is 4.02. The standard InChI is InChI=1S/C24H28ClN3O4/c1-4-32-18-10-5-15(6-11-18)22(29)28-21(14(2)3)24(31)27-17-9-12-19(20(25)13-17)23(30)26-16-7-8-16/h5-6,9-14,16,21H,4,7-8H2,1-3H3,(H,26,30)(H,27,31)(H,28,29). The zero-order valence-corrected chi connectivity index (χ0v) is 19.2. The zero-order valence-electron chi connectivity index (χ0n) is 18.4. The second-order valence-electron chi connectivity index (χ2n) is 8.08. The fourth-order valence-electron chi connectivity index (χ4n) is 3.12. The van der Waals surface area contributed by atoms with Crippen molar-refractivity contribution in [3.63, 3.8) is 0 Å². The molecular weight excluding hydrogens is 430 g/mol. The van der Waals surface area contributed by atoms with Crippen molar-refractivity contribution >= 4 is 35.0 Å². The van der Waals surface area contributed by atoms with Gasteiger partial charge >= 0.3 is 0 Å². The minimum Gasteiger partial charge on any atom is -0.494 e. The van der Waals surface area contributed by atoms with Crippen molar-refractivity contribution < 1.29 is 19.1 Å². The Morgan fingerprint density at radius 3 is 2.31 bits per heavy atom. The van der Waals surface area contributed by atoms with Crippen molar-refractivity contribution in [3.05, 3.63) is 58.6 Å². The molecular formula is C24H28ClN3O4. The van der Waals surface area contributed by atoms with E-state index in [0.29, 0.717) is 29.2 Å². The van der Waals surface area contributed by atoms with Crippen LogP contribution in [0.5, 0.6) is 5.75 Å². The topological polar surface area (TPSA) is 96.5 Å². The Kier molecular flexibility index (Phi) is 7.75. The lowest BCUT2D eigenvalue weighted by Crippen LogP contribution is -2.47. The van der Waals surface area contributed by atoms with Gasteiger partial charge in [-0.15, -0.1) is 0 Å². The minimum absolute atomic E-state index is 0.152. The van der Waals surface area contributed by atoms with Crippen LogP contribution in [0.4, 0.5) is 5.69 Å². The third-order valence-corrected chi connectivity index (χ3v) is 5.37. The number of halogens is 1. The summed E-state index contributed by atoms with van der Waals surface area (Å²) in [6, 6.07) is 10.9. The molecule has 3 N–H and O–H groups in total. The third kappa shape index (κ3) is 6.23. The van der Waals surface area contributed by atoms with E-state index in [0.717, 1.165) is 12.8 Å². The molecule has 8 heteroatoms. The maximum absolute atomic E-state index is 12.9. The van der Waals surface area contributed by atoms with Crippen molar-refractivity contribution in [2.45, 2.75) is 45.7 Å². The highest BCUT2D eigenvalue weighted by atomic mass is 35.5. The molecule has 32 heavy (non-hydrogen) atoms. The summed E-state index contributed by atoms with van der Waals surface area (Å²) in [5, 5.41) is 8.70. The maximum atomic E-state index is 12.9. The molecule has 0 aliphatic heterocycles. The molecule has 1 atom stereocenters. The van der Waals surface area contributed by atoms with E-state index < -0.39 is 6.04 Å². The second-order valence-corrected chi connectivity index (χ2v) is 8.49. The molecule has 2 aromatic rings. The first-order chi connectivity index (χ1) is 15.3. The van der Waals surface area contributed by atoms with E-state index in [4.69, 9.17) is 16.3 Å². The summed E-state index contributed by atoms with van der Waals surface area (Å²) in [6.07, 6.45) is 1.97. The van der Waals surface area contributed by atoms with Crippen LogP contribution in [-0.4, -0.2) is 36.4 Å². The molecule has 0 bridgehead atoms. The summed E-state index contributed by atoms with van der Waals surface area (Å²) in [5.74, 6) is -0.426. The van der Waals surface area contributed by atoms with Gasteiger partial charge in [-0.3, -0.25) is 14.4 Å². The fourth-order valence-corrected chi connectivity index (χ4v) is 3.38. The number of hydrogen-bond donors (Lipinski definition) is 3. The van der Waals surface area contributed by atoms with Gasteiger partial charge in [-0.1, -0.05) is 25.4 Å². The van der Waals surface area contributed by atoms with Gasteiger partial charge in [0.05, 0.1) is 17.2 Å². The van der Waals surface area contributed by atoms with E-state index in [1.54, 1.807) is 36.4 Å². The van der Waals surface area contributed by atoms with Crippen LogP contribution in [-0.2, 0) is 4.79 Å². The van der Waals surface area contributed by atoms with Crippen molar-refractivity contribution in [3.8, 4) is 5.75 Å². The molecule has 1 saturated carbocycles. The summed E-state index contributed by atoms with van der Waals surface area (Å²) >= 11 is 6.26. The second kappa shape index (κ2) is 10.5. The van der Waals surface area contributed by atoms with Gasteiger partial charge in [0.1, 0.15) is 11.8 Å². The molecule has 1 aliphatic carbocycles. The number of carbonyl (C=O) groups excluding carboxylic acids is 3. The monoisotopic (exact) mass is 457 g/mol. The van der Waals surface area contributed by atoms with E-state index >= 15 is 0 Å². The van der Waals surface area contributed by atoms with Gasteiger partial charge in [0.2, 0.25) is 5.91 Å². The van der Waals surface area contributed by atoms with Crippen molar-refractivity contribution in [2.24, 2.45) is 5.92 Å². The molecule has 0 saturated heterocycles. The number of carbonyl (C=O) groups is 3. The van der Waals surface area contributed by atoms with Crippen LogP contribution in [0.1, 0.15) is 54.3 Å². The maximum Gasteiger partial charge on any atom is 0.253 e. The Balaban J connectivity index is 1.64. The van der Waals surface area contributed by atoms with E-state index in [-0.39, 0.29) is 34.7 Å². The van der Waals surface area contributed by atoms with Crippen LogP contribution < -0.4 is 20.7 Å². The summed E-state index contributed by atoms with van der Waals surface area (Å²) in [6.45, 7) is 6.12. The van der Waals surface area contributed by atoms with Crippen LogP contribution >= 0.6 is 11.6 Å². The van der Waals surface area contributed by atoms with E-state index in [9.17, 15) is 14.4 Å². The lowest BCUT2D eigenvalue weighted by atomic mass is 10.0. The van der Waals surface area contributed by atoms with Crippen molar-refractivity contribution in [1.82, 2.24) is 10.6 Å². The molecule has 7 nitrogen and oxygen atoms in total. The highest BCUT2D eigenvalue weighted by Gasteiger charge is 2.26.